The van der Waals surface area contributed by atoms with Crippen LogP contribution in [0.5, 0.6) is 0 Å². The Balaban J connectivity index is 2.42. The van der Waals surface area contributed by atoms with Gasteiger partial charge in [-0.2, -0.15) is 5.26 Å². The summed E-state index contributed by atoms with van der Waals surface area (Å²) in [6, 6.07) is 4.29. The summed E-state index contributed by atoms with van der Waals surface area (Å²) in [7, 11) is 0. The number of nitrogens with one attached hydrogen (secondary N) is 1. The van der Waals surface area contributed by atoms with Crippen molar-refractivity contribution >= 4 is 29.0 Å². The van der Waals surface area contributed by atoms with E-state index in [-0.39, 0.29) is 11.8 Å². The molecule has 98 valence electrons. The number of thiophene rings is 1. The average molecular weight is 290 g/mol. The highest BCUT2D eigenvalue weighted by atomic mass is 32.2. The third kappa shape index (κ3) is 2.91. The van der Waals surface area contributed by atoms with Crippen LogP contribution in [0.4, 0.5) is 0 Å². The monoisotopic (exact) mass is 290 g/mol. The van der Waals surface area contributed by atoms with Gasteiger partial charge in [0, 0.05) is 23.0 Å². The molecule has 0 radical (unpaired) electrons. The van der Waals surface area contributed by atoms with Crippen molar-refractivity contribution in [2.45, 2.75) is 19.3 Å². The van der Waals surface area contributed by atoms with Gasteiger partial charge in [-0.3, -0.25) is 4.79 Å². The van der Waals surface area contributed by atoms with Gasteiger partial charge in [-0.1, -0.05) is 6.08 Å². The Bertz CT molecular complexity index is 581. The van der Waals surface area contributed by atoms with Gasteiger partial charge in [0.2, 0.25) is 5.91 Å². The predicted molar refractivity (Wildman–Crippen MR) is 79.9 cm³/mol. The van der Waals surface area contributed by atoms with E-state index in [4.69, 9.17) is 0 Å². The number of hydrogen-bond acceptors (Lipinski definition) is 4. The maximum atomic E-state index is 11.8. The number of nitrogens with zero attached hydrogens (tertiary/aromatic N) is 1. The summed E-state index contributed by atoms with van der Waals surface area (Å²) in [5.74, 6) is 0.547. The number of hydrogen-bond donors (Lipinski definition) is 1. The number of carbonyl (C=O) groups excluding carboxylic acids is 1. The Morgan fingerprint density at radius 2 is 2.53 bits per heavy atom. The molecule has 0 bridgehead atoms. The number of amides is 1. The molecule has 0 aliphatic carbocycles. The van der Waals surface area contributed by atoms with Crippen LogP contribution < -0.4 is 5.32 Å². The van der Waals surface area contributed by atoms with Gasteiger partial charge in [-0.25, -0.2) is 0 Å². The lowest BCUT2D eigenvalue weighted by atomic mass is 9.91. The molecule has 1 aromatic rings. The van der Waals surface area contributed by atoms with Crippen LogP contribution in [0.2, 0.25) is 0 Å². The van der Waals surface area contributed by atoms with E-state index in [2.05, 4.69) is 18.0 Å². The highest BCUT2D eigenvalue weighted by Crippen LogP contribution is 2.39. The second-order valence-electron chi connectivity index (χ2n) is 4.23. The van der Waals surface area contributed by atoms with E-state index in [9.17, 15) is 10.1 Å². The first-order valence-corrected chi connectivity index (χ1v) is 7.75. The third-order valence-electron chi connectivity index (χ3n) is 2.92. The summed E-state index contributed by atoms with van der Waals surface area (Å²) >= 11 is 3.06. The molecule has 0 spiro atoms. The number of carbonyl (C=O) groups is 1. The largest absolute Gasteiger partial charge is 0.320 e. The second kappa shape index (κ2) is 6.09. The molecule has 0 fully saturated rings. The van der Waals surface area contributed by atoms with E-state index >= 15 is 0 Å². The fourth-order valence-electron chi connectivity index (χ4n) is 2.04. The Labute approximate surface area is 121 Å². The van der Waals surface area contributed by atoms with Crippen molar-refractivity contribution < 1.29 is 4.79 Å². The van der Waals surface area contributed by atoms with Crippen LogP contribution in [0.1, 0.15) is 22.8 Å². The van der Waals surface area contributed by atoms with Gasteiger partial charge in [0.25, 0.3) is 0 Å². The maximum absolute atomic E-state index is 11.8. The lowest BCUT2D eigenvalue weighted by Crippen LogP contribution is -2.30. The van der Waals surface area contributed by atoms with Crippen molar-refractivity contribution in [3.05, 3.63) is 45.1 Å². The summed E-state index contributed by atoms with van der Waals surface area (Å²) in [5, 5.41) is 14.9. The van der Waals surface area contributed by atoms with E-state index in [1.165, 1.54) is 11.8 Å². The number of thioether (sulfide) groups is 1. The molecule has 3 nitrogen and oxygen atoms in total. The van der Waals surface area contributed by atoms with Crippen LogP contribution in [0.25, 0.3) is 0 Å². The van der Waals surface area contributed by atoms with Crippen molar-refractivity contribution in [2.75, 3.05) is 5.75 Å². The van der Waals surface area contributed by atoms with Crippen LogP contribution in [-0.2, 0) is 4.79 Å². The molecule has 0 saturated heterocycles. The van der Waals surface area contributed by atoms with Gasteiger partial charge < -0.3 is 5.32 Å². The number of rotatable bonds is 4. The van der Waals surface area contributed by atoms with Gasteiger partial charge in [0.05, 0.1) is 16.7 Å². The van der Waals surface area contributed by atoms with Crippen LogP contribution in [-0.4, -0.2) is 11.7 Å². The summed E-state index contributed by atoms with van der Waals surface area (Å²) in [5.41, 5.74) is 1.81. The molecule has 0 aromatic carbocycles. The van der Waals surface area contributed by atoms with Crippen molar-refractivity contribution in [1.29, 1.82) is 5.26 Å². The second-order valence-corrected chi connectivity index (χ2v) is 6.20. The molecule has 1 aliphatic heterocycles. The molecular formula is C14H14N2OS2. The molecule has 1 N–H and O–H groups in total. The topological polar surface area (TPSA) is 52.9 Å². The highest BCUT2D eigenvalue weighted by molar-refractivity contribution is 8.03. The first-order chi connectivity index (χ1) is 9.17. The fourth-order valence-corrected chi connectivity index (χ4v) is 3.89. The summed E-state index contributed by atoms with van der Waals surface area (Å²) in [4.78, 5) is 12.9. The van der Waals surface area contributed by atoms with Crippen molar-refractivity contribution in [3.8, 4) is 6.07 Å². The first kappa shape index (κ1) is 13.9. The molecule has 1 amide bonds. The molecule has 1 unspecified atom stereocenters. The molecule has 1 aliphatic rings. The van der Waals surface area contributed by atoms with Crippen LogP contribution in [0.3, 0.4) is 0 Å². The van der Waals surface area contributed by atoms with Crippen molar-refractivity contribution in [2.24, 2.45) is 0 Å². The minimum absolute atomic E-state index is 0.0247. The fraction of sp³-hybridized carbons (Fsp3) is 0.286. The Morgan fingerprint density at radius 1 is 1.74 bits per heavy atom. The molecule has 1 aromatic heterocycles. The molecule has 5 heteroatoms. The summed E-state index contributed by atoms with van der Waals surface area (Å²) in [6.45, 7) is 5.68. The number of allylic oxidation sites excluding steroid dienone is 1. The highest BCUT2D eigenvalue weighted by Gasteiger charge is 2.30. The number of nitriles is 1. The predicted octanol–water partition coefficient (Wildman–Crippen LogP) is 3.31. The summed E-state index contributed by atoms with van der Waals surface area (Å²) < 4.78 is 0. The minimum Gasteiger partial charge on any atom is -0.320 e. The molecular weight excluding hydrogens is 276 g/mol. The summed E-state index contributed by atoms with van der Waals surface area (Å²) in [6.07, 6.45) is 2.11. The quantitative estimate of drug-likeness (QED) is 0.866. The van der Waals surface area contributed by atoms with Crippen LogP contribution in [0, 0.1) is 18.3 Å². The zero-order valence-electron chi connectivity index (χ0n) is 10.6. The van der Waals surface area contributed by atoms with Gasteiger partial charge in [0.15, 0.2) is 0 Å². The van der Waals surface area contributed by atoms with E-state index in [1.807, 2.05) is 18.4 Å². The molecule has 2 heterocycles. The SMILES string of the molecule is C=CCSC1=C(C#N)C(c2sccc2C)CC(=O)N1. The molecule has 1 atom stereocenters. The Hall–Kier alpha value is -1.51. The normalized spacial score (nSPS) is 18.9. The Kier molecular flexibility index (Phi) is 4.46. The van der Waals surface area contributed by atoms with Gasteiger partial charge in [0.1, 0.15) is 0 Å². The van der Waals surface area contributed by atoms with E-state index in [0.717, 1.165) is 10.4 Å². The van der Waals surface area contributed by atoms with Crippen LogP contribution >= 0.6 is 23.1 Å². The zero-order valence-corrected chi connectivity index (χ0v) is 12.2. The van der Waals surface area contributed by atoms with Gasteiger partial charge in [-0.15, -0.1) is 29.7 Å². The van der Waals surface area contributed by atoms with E-state index in [1.54, 1.807) is 17.4 Å². The minimum atomic E-state index is -0.105. The molecule has 19 heavy (non-hydrogen) atoms. The molecule has 2 rings (SSSR count). The smallest absolute Gasteiger partial charge is 0.225 e. The lowest BCUT2D eigenvalue weighted by Gasteiger charge is -2.24. The standard InChI is InChI=1S/C14H14N2OS2/c1-3-5-19-14-11(8-15)10(7-12(17)16-14)13-9(2)4-6-18-13/h3-4,6,10H,1,5,7H2,2H3,(H,16,17). The van der Waals surface area contributed by atoms with Crippen LogP contribution in [0.15, 0.2) is 34.7 Å². The van der Waals surface area contributed by atoms with Crippen molar-refractivity contribution in [3.63, 3.8) is 0 Å². The maximum Gasteiger partial charge on any atom is 0.225 e. The first-order valence-electron chi connectivity index (χ1n) is 5.89. The zero-order chi connectivity index (χ0) is 13.8. The Morgan fingerprint density at radius 3 is 3.11 bits per heavy atom. The van der Waals surface area contributed by atoms with Gasteiger partial charge in [-0.05, 0) is 23.9 Å². The third-order valence-corrected chi connectivity index (χ3v) is 5.07. The van der Waals surface area contributed by atoms with E-state index < -0.39 is 0 Å². The average Bonchev–Trinajstić information content (AvgIpc) is 2.81. The molecule has 0 saturated carbocycles. The van der Waals surface area contributed by atoms with E-state index in [0.29, 0.717) is 22.8 Å². The van der Waals surface area contributed by atoms with Gasteiger partial charge >= 0.3 is 0 Å². The lowest BCUT2D eigenvalue weighted by molar-refractivity contribution is -0.120. The number of aryl methyl sites for hydroxylation is 1. The van der Waals surface area contributed by atoms with Crippen molar-refractivity contribution in [1.82, 2.24) is 5.32 Å².